The summed E-state index contributed by atoms with van der Waals surface area (Å²) in [6.45, 7) is -0.140. The molecule has 5 nitrogen and oxygen atoms in total. The average molecular weight is 354 g/mol. The molecule has 0 amide bonds. The molecule has 1 aliphatic carbocycles. The number of nitrogens with zero attached hydrogens (tertiary/aromatic N) is 2. The van der Waals surface area contributed by atoms with E-state index in [1.54, 1.807) is 0 Å². The Balaban J connectivity index is 1.55. The molecule has 25 heavy (non-hydrogen) atoms. The summed E-state index contributed by atoms with van der Waals surface area (Å²) in [5.41, 5.74) is -0.360. The third-order valence-electron chi connectivity index (χ3n) is 4.23. The second-order valence-electron chi connectivity index (χ2n) is 6.10. The van der Waals surface area contributed by atoms with Crippen molar-refractivity contribution in [2.75, 3.05) is 0 Å². The van der Waals surface area contributed by atoms with Gasteiger partial charge in [-0.1, -0.05) is 30.1 Å². The Kier molecular flexibility index (Phi) is 5.06. The number of rotatable bonds is 5. The first-order valence-electron chi connectivity index (χ1n) is 8.07. The SMILES string of the molecule is O=C(CC1CCCC1)OCc1nc(-c2ccc(C(F)(F)F)cc2)no1. The first-order chi connectivity index (χ1) is 11.9. The van der Waals surface area contributed by atoms with Crippen LogP contribution in [0.25, 0.3) is 11.4 Å². The predicted molar refractivity (Wildman–Crippen MR) is 81.1 cm³/mol. The molecule has 0 aliphatic heterocycles. The highest BCUT2D eigenvalue weighted by Crippen LogP contribution is 2.30. The molecule has 8 heteroatoms. The number of halogens is 3. The normalized spacial score (nSPS) is 15.5. The molecule has 134 valence electrons. The second kappa shape index (κ2) is 7.25. The Hall–Kier alpha value is -2.38. The van der Waals surface area contributed by atoms with Gasteiger partial charge in [0.05, 0.1) is 5.56 Å². The number of aromatic nitrogens is 2. The average Bonchev–Trinajstić information content (AvgIpc) is 3.24. The lowest BCUT2D eigenvalue weighted by Gasteiger charge is -2.07. The van der Waals surface area contributed by atoms with Crippen LogP contribution in [0.15, 0.2) is 28.8 Å². The van der Waals surface area contributed by atoms with Gasteiger partial charge in [-0.05, 0) is 30.9 Å². The van der Waals surface area contributed by atoms with Crippen molar-refractivity contribution in [2.45, 2.75) is 44.9 Å². The molecule has 0 N–H and O–H groups in total. The Morgan fingerprint density at radius 3 is 2.52 bits per heavy atom. The summed E-state index contributed by atoms with van der Waals surface area (Å²) >= 11 is 0. The highest BCUT2D eigenvalue weighted by atomic mass is 19.4. The van der Waals surface area contributed by atoms with Crippen LogP contribution in [-0.4, -0.2) is 16.1 Å². The zero-order valence-electron chi connectivity index (χ0n) is 13.4. The molecule has 0 spiro atoms. The number of hydrogen-bond donors (Lipinski definition) is 0. The number of hydrogen-bond acceptors (Lipinski definition) is 5. The van der Waals surface area contributed by atoms with E-state index in [1.165, 1.54) is 12.1 Å². The van der Waals surface area contributed by atoms with E-state index in [-0.39, 0.29) is 24.3 Å². The van der Waals surface area contributed by atoms with Crippen molar-refractivity contribution < 1.29 is 27.2 Å². The smallest absolute Gasteiger partial charge is 0.416 e. The molecule has 0 radical (unpaired) electrons. The number of esters is 1. The van der Waals surface area contributed by atoms with Gasteiger partial charge in [-0.15, -0.1) is 0 Å². The molecule has 3 rings (SSSR count). The topological polar surface area (TPSA) is 65.2 Å². The van der Waals surface area contributed by atoms with Crippen LogP contribution in [0.2, 0.25) is 0 Å². The van der Waals surface area contributed by atoms with E-state index in [0.717, 1.165) is 37.8 Å². The lowest BCUT2D eigenvalue weighted by atomic mass is 10.1. The van der Waals surface area contributed by atoms with E-state index in [9.17, 15) is 18.0 Å². The van der Waals surface area contributed by atoms with Crippen molar-refractivity contribution in [2.24, 2.45) is 5.92 Å². The molecule has 1 aromatic carbocycles. The first kappa shape index (κ1) is 17.4. The van der Waals surface area contributed by atoms with Crippen LogP contribution in [0, 0.1) is 5.92 Å². The van der Waals surface area contributed by atoms with Gasteiger partial charge in [0.15, 0.2) is 6.61 Å². The molecule has 0 unspecified atom stereocenters. The molecule has 1 aromatic heterocycles. The fourth-order valence-electron chi connectivity index (χ4n) is 2.89. The van der Waals surface area contributed by atoms with Crippen molar-refractivity contribution >= 4 is 5.97 Å². The van der Waals surface area contributed by atoms with Crippen LogP contribution >= 0.6 is 0 Å². The van der Waals surface area contributed by atoms with E-state index < -0.39 is 11.7 Å². The molecule has 1 saturated carbocycles. The van der Waals surface area contributed by atoms with Crippen LogP contribution in [0.1, 0.15) is 43.6 Å². The third-order valence-corrected chi connectivity index (χ3v) is 4.23. The maximum absolute atomic E-state index is 12.5. The van der Waals surface area contributed by atoms with Crippen molar-refractivity contribution in [1.82, 2.24) is 10.1 Å². The molecule has 1 aliphatic rings. The molecular formula is C17H17F3N2O3. The Morgan fingerprint density at radius 2 is 1.88 bits per heavy atom. The van der Waals surface area contributed by atoms with E-state index >= 15 is 0 Å². The maximum atomic E-state index is 12.5. The summed E-state index contributed by atoms with van der Waals surface area (Å²) in [7, 11) is 0. The molecule has 1 fully saturated rings. The minimum absolute atomic E-state index is 0.106. The van der Waals surface area contributed by atoms with Gasteiger partial charge in [0.25, 0.3) is 5.89 Å². The van der Waals surface area contributed by atoms with Crippen LogP contribution in [0.5, 0.6) is 0 Å². The quantitative estimate of drug-likeness (QED) is 0.746. The van der Waals surface area contributed by atoms with Crippen LogP contribution in [-0.2, 0) is 22.3 Å². The second-order valence-corrected chi connectivity index (χ2v) is 6.10. The van der Waals surface area contributed by atoms with Gasteiger partial charge < -0.3 is 9.26 Å². The van der Waals surface area contributed by atoms with Gasteiger partial charge in [0, 0.05) is 12.0 Å². The largest absolute Gasteiger partial charge is 0.456 e. The maximum Gasteiger partial charge on any atom is 0.416 e. The first-order valence-corrected chi connectivity index (χ1v) is 8.07. The van der Waals surface area contributed by atoms with Crippen molar-refractivity contribution in [3.8, 4) is 11.4 Å². The third kappa shape index (κ3) is 4.58. The minimum Gasteiger partial charge on any atom is -0.456 e. The highest BCUT2D eigenvalue weighted by Gasteiger charge is 2.30. The highest BCUT2D eigenvalue weighted by molar-refractivity contribution is 5.69. The van der Waals surface area contributed by atoms with Gasteiger partial charge in [0.2, 0.25) is 5.82 Å². The van der Waals surface area contributed by atoms with Crippen molar-refractivity contribution in [3.05, 3.63) is 35.7 Å². The molecule has 0 bridgehead atoms. The summed E-state index contributed by atoms with van der Waals surface area (Å²) in [6.07, 6.45) is 0.395. The fraction of sp³-hybridized carbons (Fsp3) is 0.471. The van der Waals surface area contributed by atoms with Crippen molar-refractivity contribution in [1.29, 1.82) is 0 Å². The van der Waals surface area contributed by atoms with Gasteiger partial charge in [-0.25, -0.2) is 0 Å². The van der Waals surface area contributed by atoms with Gasteiger partial charge in [-0.2, -0.15) is 18.2 Å². The molecule has 1 heterocycles. The summed E-state index contributed by atoms with van der Waals surface area (Å²) in [5, 5.41) is 3.70. The summed E-state index contributed by atoms with van der Waals surface area (Å²) < 4.78 is 47.7. The Morgan fingerprint density at radius 1 is 1.20 bits per heavy atom. The monoisotopic (exact) mass is 354 g/mol. The number of carbonyl (C=O) groups is 1. The van der Waals surface area contributed by atoms with Crippen molar-refractivity contribution in [3.63, 3.8) is 0 Å². The zero-order valence-corrected chi connectivity index (χ0v) is 13.4. The summed E-state index contributed by atoms with van der Waals surface area (Å²) in [5.74, 6) is 0.337. The number of ether oxygens (including phenoxy) is 1. The van der Waals surface area contributed by atoms with E-state index in [4.69, 9.17) is 9.26 Å². The van der Waals surface area contributed by atoms with Gasteiger partial charge >= 0.3 is 12.1 Å². The van der Waals surface area contributed by atoms with Crippen LogP contribution in [0.4, 0.5) is 13.2 Å². The Bertz CT molecular complexity index is 719. The molecule has 0 atom stereocenters. The van der Waals surface area contributed by atoms with E-state index in [2.05, 4.69) is 10.1 Å². The van der Waals surface area contributed by atoms with Gasteiger partial charge in [0.1, 0.15) is 0 Å². The van der Waals surface area contributed by atoms with Crippen LogP contribution < -0.4 is 0 Å². The lowest BCUT2D eigenvalue weighted by Crippen LogP contribution is -2.09. The van der Waals surface area contributed by atoms with Crippen LogP contribution in [0.3, 0.4) is 0 Å². The number of benzene rings is 1. The Labute approximate surface area is 142 Å². The zero-order chi connectivity index (χ0) is 17.9. The molecule has 0 saturated heterocycles. The fourth-order valence-corrected chi connectivity index (χ4v) is 2.89. The number of carbonyl (C=O) groups excluding carboxylic acids is 1. The molecular weight excluding hydrogens is 337 g/mol. The minimum atomic E-state index is -4.39. The number of alkyl halides is 3. The summed E-state index contributed by atoms with van der Waals surface area (Å²) in [4.78, 5) is 15.8. The van der Waals surface area contributed by atoms with Gasteiger partial charge in [-0.3, -0.25) is 4.79 Å². The van der Waals surface area contributed by atoms with E-state index in [0.29, 0.717) is 17.9 Å². The predicted octanol–water partition coefficient (Wildman–Crippen LogP) is 4.38. The molecule has 2 aromatic rings. The van der Waals surface area contributed by atoms with E-state index in [1.807, 2.05) is 0 Å². The lowest BCUT2D eigenvalue weighted by molar-refractivity contribution is -0.146. The standard InChI is InChI=1S/C17H17F3N2O3/c18-17(19,20)13-7-5-12(6-8-13)16-21-14(25-22-16)10-24-15(23)9-11-3-1-2-4-11/h5-8,11H,1-4,9-10H2. The summed E-state index contributed by atoms with van der Waals surface area (Å²) in [6, 6.07) is 4.44.